The molecule has 1 atom stereocenters. The lowest BCUT2D eigenvalue weighted by Crippen LogP contribution is -2.27. The monoisotopic (exact) mass is 286 g/mol. The van der Waals surface area contributed by atoms with E-state index in [1.54, 1.807) is 23.7 Å². The maximum atomic E-state index is 6.43. The Morgan fingerprint density at radius 2 is 2.10 bits per heavy atom. The number of hydrogen-bond donors (Lipinski definition) is 1. The molecule has 3 aromatic heterocycles. The second-order valence-electron chi connectivity index (χ2n) is 5.83. The van der Waals surface area contributed by atoms with Crippen molar-refractivity contribution >= 4 is 22.4 Å². The van der Waals surface area contributed by atoms with Crippen molar-refractivity contribution in [2.24, 2.45) is 5.73 Å². The van der Waals surface area contributed by atoms with Crippen molar-refractivity contribution in [2.75, 3.05) is 0 Å². The first-order valence-electron chi connectivity index (χ1n) is 6.60. The molecule has 0 spiro atoms. The maximum Gasteiger partial charge on any atom is 0.132 e. The van der Waals surface area contributed by atoms with Gasteiger partial charge in [-0.2, -0.15) is 0 Å². The zero-order valence-electron chi connectivity index (χ0n) is 11.9. The second kappa shape index (κ2) is 4.68. The number of hydrogen-bond acceptors (Lipinski definition) is 4. The number of thiophene rings is 1. The Balaban J connectivity index is 2.24. The highest BCUT2D eigenvalue weighted by Crippen LogP contribution is 2.31. The van der Waals surface area contributed by atoms with Crippen molar-refractivity contribution in [3.63, 3.8) is 0 Å². The van der Waals surface area contributed by atoms with E-state index >= 15 is 0 Å². The molecular weight excluding hydrogens is 268 g/mol. The molecular formula is C15H18N4S. The van der Waals surface area contributed by atoms with E-state index in [1.165, 1.54) is 0 Å². The smallest absolute Gasteiger partial charge is 0.132 e. The van der Waals surface area contributed by atoms with Gasteiger partial charge in [0.15, 0.2) is 0 Å². The molecule has 0 amide bonds. The number of imidazole rings is 1. The van der Waals surface area contributed by atoms with E-state index in [4.69, 9.17) is 10.7 Å². The highest BCUT2D eigenvalue weighted by Gasteiger charge is 2.25. The van der Waals surface area contributed by atoms with Crippen LogP contribution in [0.15, 0.2) is 36.0 Å². The molecule has 0 radical (unpaired) electrons. The van der Waals surface area contributed by atoms with Gasteiger partial charge in [0.2, 0.25) is 0 Å². The van der Waals surface area contributed by atoms with Crippen LogP contribution in [0.4, 0.5) is 0 Å². The van der Waals surface area contributed by atoms with Crippen LogP contribution in [0.5, 0.6) is 0 Å². The molecule has 3 aromatic rings. The molecule has 0 saturated heterocycles. The summed E-state index contributed by atoms with van der Waals surface area (Å²) in [6, 6.07) is 5.87. The van der Waals surface area contributed by atoms with Gasteiger partial charge in [-0.25, -0.2) is 4.98 Å². The van der Waals surface area contributed by atoms with Crippen LogP contribution in [0.3, 0.4) is 0 Å². The third-order valence-corrected chi connectivity index (χ3v) is 4.24. The van der Waals surface area contributed by atoms with Crippen molar-refractivity contribution in [2.45, 2.75) is 32.4 Å². The topological polar surface area (TPSA) is 56.7 Å². The van der Waals surface area contributed by atoms with Gasteiger partial charge in [0.1, 0.15) is 11.3 Å². The van der Waals surface area contributed by atoms with Crippen LogP contribution in [-0.4, -0.2) is 14.5 Å². The lowest BCUT2D eigenvalue weighted by molar-refractivity contribution is 0.389. The van der Waals surface area contributed by atoms with E-state index in [1.807, 2.05) is 17.5 Å². The summed E-state index contributed by atoms with van der Waals surface area (Å²) in [6.45, 7) is 6.50. The number of pyridine rings is 1. The molecule has 4 nitrogen and oxygen atoms in total. The first kappa shape index (κ1) is 13.3. The molecule has 104 valence electrons. The first-order chi connectivity index (χ1) is 9.48. The molecule has 0 fully saturated rings. The molecule has 20 heavy (non-hydrogen) atoms. The number of nitrogens with two attached hydrogens (primary N) is 1. The Morgan fingerprint density at radius 3 is 2.75 bits per heavy atom. The van der Waals surface area contributed by atoms with Gasteiger partial charge in [0, 0.05) is 16.6 Å². The summed E-state index contributed by atoms with van der Waals surface area (Å²) in [6.07, 6.45) is 3.59. The van der Waals surface area contributed by atoms with Crippen molar-refractivity contribution in [3.05, 3.63) is 46.7 Å². The van der Waals surface area contributed by atoms with Crippen LogP contribution < -0.4 is 5.73 Å². The van der Waals surface area contributed by atoms with Crippen LogP contribution in [-0.2, 0) is 5.54 Å². The van der Waals surface area contributed by atoms with E-state index in [-0.39, 0.29) is 11.6 Å². The van der Waals surface area contributed by atoms with Crippen molar-refractivity contribution in [3.8, 4) is 0 Å². The van der Waals surface area contributed by atoms with Gasteiger partial charge in [-0.3, -0.25) is 4.98 Å². The summed E-state index contributed by atoms with van der Waals surface area (Å²) < 4.78 is 2.22. The molecule has 3 rings (SSSR count). The summed E-state index contributed by atoms with van der Waals surface area (Å²) in [4.78, 5) is 10.00. The molecule has 0 bridgehead atoms. The number of aromatic nitrogens is 3. The van der Waals surface area contributed by atoms with Crippen LogP contribution in [0.1, 0.15) is 37.5 Å². The predicted molar refractivity (Wildman–Crippen MR) is 82.9 cm³/mol. The highest BCUT2D eigenvalue weighted by molar-refractivity contribution is 7.10. The van der Waals surface area contributed by atoms with Crippen LogP contribution in [0.25, 0.3) is 11.0 Å². The fourth-order valence-electron chi connectivity index (χ4n) is 2.46. The largest absolute Gasteiger partial charge is 0.321 e. The Bertz CT molecular complexity index is 722. The minimum Gasteiger partial charge on any atom is -0.321 e. The van der Waals surface area contributed by atoms with Crippen molar-refractivity contribution in [1.82, 2.24) is 14.5 Å². The van der Waals surface area contributed by atoms with Crippen molar-refractivity contribution in [1.29, 1.82) is 0 Å². The maximum absolute atomic E-state index is 6.43. The Labute approximate surface area is 122 Å². The summed E-state index contributed by atoms with van der Waals surface area (Å²) in [5.74, 6) is 0.892. The number of nitrogens with zero attached hydrogens (tertiary/aromatic N) is 3. The van der Waals surface area contributed by atoms with Crippen LogP contribution in [0.2, 0.25) is 0 Å². The molecule has 5 heteroatoms. The summed E-state index contributed by atoms with van der Waals surface area (Å²) in [5.41, 5.74) is 8.32. The van der Waals surface area contributed by atoms with E-state index in [0.29, 0.717) is 0 Å². The van der Waals surface area contributed by atoms with Gasteiger partial charge < -0.3 is 10.3 Å². The standard InChI is InChI=1S/C15H18N4S/c1-15(2,3)19-11-6-7-17-9-10(11)18-14(19)13(16)12-5-4-8-20-12/h4-9,13H,16H2,1-3H3. The highest BCUT2D eigenvalue weighted by atomic mass is 32.1. The lowest BCUT2D eigenvalue weighted by atomic mass is 10.1. The quantitative estimate of drug-likeness (QED) is 0.786. The molecule has 0 saturated carbocycles. The van der Waals surface area contributed by atoms with Crippen LogP contribution >= 0.6 is 11.3 Å². The van der Waals surface area contributed by atoms with Gasteiger partial charge >= 0.3 is 0 Å². The van der Waals surface area contributed by atoms with Gasteiger partial charge in [-0.1, -0.05) is 6.07 Å². The normalized spacial score (nSPS) is 13.8. The lowest BCUT2D eigenvalue weighted by Gasteiger charge is -2.26. The van der Waals surface area contributed by atoms with E-state index in [0.717, 1.165) is 21.7 Å². The van der Waals surface area contributed by atoms with E-state index in [2.05, 4.69) is 36.4 Å². The Morgan fingerprint density at radius 1 is 1.30 bits per heavy atom. The minimum atomic E-state index is -0.207. The molecule has 0 aromatic carbocycles. The predicted octanol–water partition coefficient (Wildman–Crippen LogP) is 3.30. The van der Waals surface area contributed by atoms with E-state index < -0.39 is 0 Å². The fraction of sp³-hybridized carbons (Fsp3) is 0.333. The average Bonchev–Trinajstić information content (AvgIpc) is 3.04. The third-order valence-electron chi connectivity index (χ3n) is 3.28. The zero-order chi connectivity index (χ0) is 14.3. The van der Waals surface area contributed by atoms with Gasteiger partial charge in [0.25, 0.3) is 0 Å². The fourth-order valence-corrected chi connectivity index (χ4v) is 3.18. The van der Waals surface area contributed by atoms with Gasteiger partial charge in [0.05, 0.1) is 17.8 Å². The van der Waals surface area contributed by atoms with E-state index in [9.17, 15) is 0 Å². The average molecular weight is 286 g/mol. The summed E-state index contributed by atoms with van der Waals surface area (Å²) in [7, 11) is 0. The summed E-state index contributed by atoms with van der Waals surface area (Å²) >= 11 is 1.66. The minimum absolute atomic E-state index is 0.0830. The zero-order valence-corrected chi connectivity index (χ0v) is 12.7. The molecule has 2 N–H and O–H groups in total. The molecule has 0 aliphatic carbocycles. The third kappa shape index (κ3) is 2.13. The molecule has 1 unspecified atom stereocenters. The summed E-state index contributed by atoms with van der Waals surface area (Å²) in [5, 5.41) is 2.04. The van der Waals surface area contributed by atoms with Gasteiger partial charge in [-0.05, 0) is 38.3 Å². The van der Waals surface area contributed by atoms with Gasteiger partial charge in [-0.15, -0.1) is 11.3 Å². The Hall–Kier alpha value is -1.72. The number of rotatable bonds is 2. The van der Waals surface area contributed by atoms with Crippen molar-refractivity contribution < 1.29 is 0 Å². The Kier molecular flexibility index (Phi) is 3.11. The molecule has 0 aliphatic rings. The SMILES string of the molecule is CC(C)(C)n1c(C(N)c2cccs2)nc2cnccc21. The molecule has 0 aliphatic heterocycles. The second-order valence-corrected chi connectivity index (χ2v) is 6.81. The number of fused-ring (bicyclic) bond motifs is 1. The van der Waals surface area contributed by atoms with Crippen LogP contribution in [0, 0.1) is 0 Å². The molecule has 3 heterocycles. The first-order valence-corrected chi connectivity index (χ1v) is 7.48.